The van der Waals surface area contributed by atoms with Crippen molar-refractivity contribution in [2.45, 2.75) is 33.3 Å². The maximum Gasteiger partial charge on any atom is 0.326 e. The van der Waals surface area contributed by atoms with Crippen molar-refractivity contribution in [3.05, 3.63) is 62.5 Å². The third-order valence-electron chi connectivity index (χ3n) is 4.89. The van der Waals surface area contributed by atoms with Crippen LogP contribution in [0, 0.1) is 0 Å². The van der Waals surface area contributed by atoms with E-state index in [1.807, 2.05) is 13.8 Å². The molecule has 2 amide bonds. The molecule has 7 nitrogen and oxygen atoms in total. The van der Waals surface area contributed by atoms with Crippen LogP contribution in [0.25, 0.3) is 6.08 Å². The number of nitrogens with zero attached hydrogens (tertiary/aromatic N) is 1. The van der Waals surface area contributed by atoms with Gasteiger partial charge >= 0.3 is 5.97 Å². The molecule has 0 saturated carbocycles. The highest BCUT2D eigenvalue weighted by Gasteiger charge is 2.36. The molecule has 0 aromatic heterocycles. The van der Waals surface area contributed by atoms with Crippen molar-refractivity contribution in [1.82, 2.24) is 4.90 Å². The lowest BCUT2D eigenvalue weighted by Crippen LogP contribution is -2.34. The number of halogens is 2. The standard InChI is InChI=1S/C25H25Cl2NO6S/c1-3-5-10-33-23(29)14-28-24(30)22(35-25(28)31)12-16-6-9-20(21(11-16)32-4-2)34-15-17-7-8-18(26)13-19(17)27/h6-9,11-13H,3-5,10,14-15H2,1-2H3/b22-12+. The number of hydrogen-bond acceptors (Lipinski definition) is 7. The van der Waals surface area contributed by atoms with Gasteiger partial charge in [-0.2, -0.15) is 0 Å². The molecule has 1 fully saturated rings. The molecule has 10 heteroatoms. The summed E-state index contributed by atoms with van der Waals surface area (Å²) in [5.74, 6) is -0.172. The Bertz CT molecular complexity index is 1140. The Labute approximate surface area is 218 Å². The van der Waals surface area contributed by atoms with Gasteiger partial charge in [-0.25, -0.2) is 0 Å². The zero-order valence-electron chi connectivity index (χ0n) is 19.3. The molecule has 186 valence electrons. The van der Waals surface area contributed by atoms with Crippen LogP contribution in [-0.2, 0) is 20.9 Å². The SMILES string of the molecule is CCCCOC(=O)CN1C(=O)S/C(=C/c2ccc(OCc3ccc(Cl)cc3Cl)c(OCC)c2)C1=O. The Balaban J connectivity index is 1.71. The first-order chi connectivity index (χ1) is 16.8. The lowest BCUT2D eigenvalue weighted by Gasteiger charge is -2.13. The van der Waals surface area contributed by atoms with E-state index in [1.165, 1.54) is 0 Å². The Hall–Kier alpha value is -2.68. The minimum absolute atomic E-state index is 0.209. The summed E-state index contributed by atoms with van der Waals surface area (Å²) in [6.45, 7) is 4.29. The van der Waals surface area contributed by atoms with Gasteiger partial charge in [0.05, 0.1) is 18.1 Å². The first-order valence-electron chi connectivity index (χ1n) is 11.1. The second-order valence-corrected chi connectivity index (χ2v) is 9.34. The van der Waals surface area contributed by atoms with Gasteiger partial charge in [0, 0.05) is 15.6 Å². The Kier molecular flexibility index (Phi) is 9.89. The summed E-state index contributed by atoms with van der Waals surface area (Å²) in [6.07, 6.45) is 3.18. The molecule has 1 aliphatic rings. The van der Waals surface area contributed by atoms with Gasteiger partial charge in [0.1, 0.15) is 13.2 Å². The molecule has 35 heavy (non-hydrogen) atoms. The number of ether oxygens (including phenoxy) is 3. The lowest BCUT2D eigenvalue weighted by atomic mass is 10.1. The van der Waals surface area contributed by atoms with E-state index in [0.29, 0.717) is 33.7 Å². The van der Waals surface area contributed by atoms with Crippen molar-refractivity contribution in [3.8, 4) is 11.5 Å². The first-order valence-corrected chi connectivity index (χ1v) is 12.6. The van der Waals surface area contributed by atoms with Crippen LogP contribution < -0.4 is 9.47 Å². The number of carbonyl (C=O) groups is 3. The van der Waals surface area contributed by atoms with Crippen molar-refractivity contribution >= 4 is 58.2 Å². The van der Waals surface area contributed by atoms with E-state index in [1.54, 1.807) is 42.5 Å². The molecular weight excluding hydrogens is 513 g/mol. The number of thioether (sulfide) groups is 1. The predicted molar refractivity (Wildman–Crippen MR) is 137 cm³/mol. The van der Waals surface area contributed by atoms with Crippen LogP contribution in [0.15, 0.2) is 41.3 Å². The molecule has 0 bridgehead atoms. The third-order valence-corrected chi connectivity index (χ3v) is 6.38. The summed E-state index contributed by atoms with van der Waals surface area (Å²) in [7, 11) is 0. The fourth-order valence-corrected chi connectivity index (χ4v) is 4.39. The summed E-state index contributed by atoms with van der Waals surface area (Å²) in [6, 6.07) is 10.3. The van der Waals surface area contributed by atoms with Crippen LogP contribution in [0.4, 0.5) is 4.79 Å². The van der Waals surface area contributed by atoms with Crippen molar-refractivity contribution in [3.63, 3.8) is 0 Å². The van der Waals surface area contributed by atoms with Crippen LogP contribution in [-0.4, -0.2) is 41.8 Å². The van der Waals surface area contributed by atoms with E-state index in [-0.39, 0.29) is 18.1 Å². The van der Waals surface area contributed by atoms with E-state index < -0.39 is 23.7 Å². The summed E-state index contributed by atoms with van der Waals surface area (Å²) in [5, 5.41) is 0.520. The lowest BCUT2D eigenvalue weighted by molar-refractivity contribution is -0.146. The highest BCUT2D eigenvalue weighted by atomic mass is 35.5. The van der Waals surface area contributed by atoms with Gasteiger partial charge in [-0.1, -0.05) is 48.7 Å². The van der Waals surface area contributed by atoms with Gasteiger partial charge in [0.25, 0.3) is 11.1 Å². The number of carbonyl (C=O) groups excluding carboxylic acids is 3. The quantitative estimate of drug-likeness (QED) is 0.187. The fourth-order valence-electron chi connectivity index (χ4n) is 3.09. The summed E-state index contributed by atoms with van der Waals surface area (Å²) in [4.78, 5) is 38.0. The van der Waals surface area contributed by atoms with Gasteiger partial charge in [-0.15, -0.1) is 0 Å². The molecule has 0 unspecified atom stereocenters. The fraction of sp³-hybridized carbons (Fsp3) is 0.320. The molecular formula is C25H25Cl2NO6S. The summed E-state index contributed by atoms with van der Waals surface area (Å²) in [5.41, 5.74) is 1.41. The number of unbranched alkanes of at least 4 members (excludes halogenated alkanes) is 1. The van der Waals surface area contributed by atoms with Gasteiger partial charge in [-0.3, -0.25) is 19.3 Å². The molecule has 2 aromatic rings. The summed E-state index contributed by atoms with van der Waals surface area (Å²) < 4.78 is 16.7. The van der Waals surface area contributed by atoms with Gasteiger partial charge in [0.2, 0.25) is 0 Å². The summed E-state index contributed by atoms with van der Waals surface area (Å²) >= 11 is 12.9. The van der Waals surface area contributed by atoms with Gasteiger partial charge in [0.15, 0.2) is 11.5 Å². The monoisotopic (exact) mass is 537 g/mol. The zero-order chi connectivity index (χ0) is 25.4. The minimum Gasteiger partial charge on any atom is -0.490 e. The van der Waals surface area contributed by atoms with Crippen LogP contribution in [0.3, 0.4) is 0 Å². The van der Waals surface area contributed by atoms with Crippen LogP contribution >= 0.6 is 35.0 Å². The van der Waals surface area contributed by atoms with Crippen molar-refractivity contribution in [1.29, 1.82) is 0 Å². The molecule has 3 rings (SSSR count). The van der Waals surface area contributed by atoms with Crippen molar-refractivity contribution in [2.24, 2.45) is 0 Å². The molecule has 0 radical (unpaired) electrons. The molecule has 1 aliphatic heterocycles. The van der Waals surface area contributed by atoms with Crippen molar-refractivity contribution in [2.75, 3.05) is 19.8 Å². The molecule has 0 atom stereocenters. The molecule has 1 heterocycles. The maximum absolute atomic E-state index is 12.7. The molecule has 1 saturated heterocycles. The van der Waals surface area contributed by atoms with E-state index in [2.05, 4.69) is 0 Å². The van der Waals surface area contributed by atoms with E-state index >= 15 is 0 Å². The van der Waals surface area contributed by atoms with Gasteiger partial charge < -0.3 is 14.2 Å². The molecule has 0 N–H and O–H groups in total. The topological polar surface area (TPSA) is 82.1 Å². The maximum atomic E-state index is 12.7. The minimum atomic E-state index is -0.608. The van der Waals surface area contributed by atoms with E-state index in [9.17, 15) is 14.4 Å². The average molecular weight is 538 g/mol. The number of benzene rings is 2. The van der Waals surface area contributed by atoms with Crippen LogP contribution in [0.2, 0.25) is 10.0 Å². The molecule has 0 aliphatic carbocycles. The van der Waals surface area contributed by atoms with E-state index in [0.717, 1.165) is 35.1 Å². The van der Waals surface area contributed by atoms with Crippen LogP contribution in [0.1, 0.15) is 37.8 Å². The first kappa shape index (κ1) is 26.9. The average Bonchev–Trinajstić information content (AvgIpc) is 3.07. The van der Waals surface area contributed by atoms with Crippen molar-refractivity contribution < 1.29 is 28.6 Å². The Morgan fingerprint density at radius 2 is 1.86 bits per heavy atom. The number of imide groups is 1. The third kappa shape index (κ3) is 7.40. The second kappa shape index (κ2) is 12.9. The Morgan fingerprint density at radius 3 is 2.57 bits per heavy atom. The smallest absolute Gasteiger partial charge is 0.326 e. The highest BCUT2D eigenvalue weighted by Crippen LogP contribution is 2.35. The zero-order valence-corrected chi connectivity index (χ0v) is 21.7. The van der Waals surface area contributed by atoms with E-state index in [4.69, 9.17) is 37.4 Å². The number of rotatable bonds is 11. The second-order valence-electron chi connectivity index (χ2n) is 7.51. The largest absolute Gasteiger partial charge is 0.490 e. The van der Waals surface area contributed by atoms with Crippen LogP contribution in [0.5, 0.6) is 11.5 Å². The molecule has 0 spiro atoms. The number of esters is 1. The molecule has 2 aromatic carbocycles. The predicted octanol–water partition coefficient (Wildman–Crippen LogP) is 6.35. The highest BCUT2D eigenvalue weighted by molar-refractivity contribution is 8.18. The van der Waals surface area contributed by atoms with Gasteiger partial charge in [-0.05, 0) is 61.0 Å². The number of hydrogen-bond donors (Lipinski definition) is 0. The number of amides is 2. The Morgan fingerprint density at radius 1 is 1.06 bits per heavy atom. The normalized spacial score (nSPS) is 14.5.